The maximum atomic E-state index is 10.2. The monoisotopic (exact) mass is 124 g/mol. The largest absolute Gasteiger partial charge is 0.370 e. The Labute approximate surface area is 53.5 Å². The molecule has 0 saturated heterocycles. The van der Waals surface area contributed by atoms with E-state index in [1.165, 1.54) is 0 Å². The van der Waals surface area contributed by atoms with Gasteiger partial charge < -0.3 is 5.73 Å². The van der Waals surface area contributed by atoms with Gasteiger partial charge in [0.15, 0.2) is 0 Å². The van der Waals surface area contributed by atoms with Crippen molar-refractivity contribution in [1.29, 1.82) is 5.26 Å². The van der Waals surface area contributed by atoms with Gasteiger partial charge in [0.1, 0.15) is 0 Å². The normalized spacial score (nSPS) is 31.0. The number of nitrogens with zero attached hydrogens (tertiary/aromatic N) is 1. The van der Waals surface area contributed by atoms with E-state index in [1.54, 1.807) is 0 Å². The van der Waals surface area contributed by atoms with Crippen molar-refractivity contribution in [3.8, 4) is 6.07 Å². The van der Waals surface area contributed by atoms with E-state index in [0.29, 0.717) is 6.42 Å². The van der Waals surface area contributed by atoms with Gasteiger partial charge in [-0.1, -0.05) is 0 Å². The van der Waals surface area contributed by atoms with Crippen molar-refractivity contribution in [1.82, 2.24) is 0 Å². The minimum absolute atomic E-state index is 0.109. The Morgan fingerprint density at radius 3 is 2.89 bits per heavy atom. The topological polar surface area (TPSA) is 66.9 Å². The lowest BCUT2D eigenvalue weighted by Crippen LogP contribution is -2.11. The average molecular weight is 124 g/mol. The molecule has 0 aliphatic heterocycles. The number of carbonyl (C=O) groups excluding carboxylic acids is 1. The third-order valence-corrected chi connectivity index (χ3v) is 1.55. The van der Waals surface area contributed by atoms with E-state index in [0.717, 1.165) is 6.42 Å². The summed E-state index contributed by atoms with van der Waals surface area (Å²) in [5, 5.41) is 8.29. The van der Waals surface area contributed by atoms with Crippen LogP contribution in [0, 0.1) is 23.2 Å². The summed E-state index contributed by atoms with van der Waals surface area (Å²) in [6.07, 6.45) is 1.25. The van der Waals surface area contributed by atoms with Crippen LogP contribution >= 0.6 is 0 Å². The van der Waals surface area contributed by atoms with Crippen LogP contribution in [0.1, 0.15) is 12.8 Å². The zero-order valence-electron chi connectivity index (χ0n) is 5.00. The van der Waals surface area contributed by atoms with Crippen molar-refractivity contribution < 1.29 is 4.79 Å². The Kier molecular flexibility index (Phi) is 1.39. The maximum Gasteiger partial charge on any atom is 0.217 e. The lowest BCUT2D eigenvalue weighted by Gasteiger charge is -1.86. The van der Waals surface area contributed by atoms with Crippen LogP contribution in [0.5, 0.6) is 0 Å². The van der Waals surface area contributed by atoms with Crippen LogP contribution < -0.4 is 5.73 Å². The van der Waals surface area contributed by atoms with Crippen molar-refractivity contribution in [2.24, 2.45) is 17.6 Å². The molecule has 48 valence electrons. The highest BCUT2D eigenvalue weighted by atomic mass is 16.1. The molecule has 3 heteroatoms. The average Bonchev–Trinajstić information content (AvgIpc) is 2.45. The fourth-order valence-electron chi connectivity index (χ4n) is 0.890. The molecule has 0 heterocycles. The molecule has 0 spiro atoms. The number of amides is 1. The predicted molar refractivity (Wildman–Crippen MR) is 31.0 cm³/mol. The minimum atomic E-state index is -0.294. The Morgan fingerprint density at radius 1 is 1.89 bits per heavy atom. The Morgan fingerprint density at radius 2 is 2.56 bits per heavy atom. The molecule has 2 atom stereocenters. The second-order valence-electron chi connectivity index (χ2n) is 2.40. The van der Waals surface area contributed by atoms with Gasteiger partial charge in [-0.2, -0.15) is 5.26 Å². The molecule has 1 aliphatic carbocycles. The van der Waals surface area contributed by atoms with E-state index in [4.69, 9.17) is 11.0 Å². The first-order valence-corrected chi connectivity index (χ1v) is 2.92. The van der Waals surface area contributed by atoms with Crippen LogP contribution in [-0.2, 0) is 4.79 Å². The Bertz CT molecular complexity index is 170. The number of hydrogen-bond donors (Lipinski definition) is 1. The van der Waals surface area contributed by atoms with E-state index in [-0.39, 0.29) is 17.7 Å². The molecular formula is C6H8N2O. The van der Waals surface area contributed by atoms with Gasteiger partial charge in [0, 0.05) is 6.42 Å². The lowest BCUT2D eigenvalue weighted by atomic mass is 10.2. The summed E-state index contributed by atoms with van der Waals surface area (Å²) in [5.41, 5.74) is 4.90. The summed E-state index contributed by atoms with van der Waals surface area (Å²) in [6, 6.07) is 2.09. The first kappa shape index (κ1) is 6.09. The summed E-state index contributed by atoms with van der Waals surface area (Å²) in [5.74, 6) is 0.0859. The number of carbonyl (C=O) groups is 1. The molecule has 2 N–H and O–H groups in total. The Hall–Kier alpha value is -1.04. The molecule has 1 amide bonds. The maximum absolute atomic E-state index is 10.2. The number of hydrogen-bond acceptors (Lipinski definition) is 2. The molecule has 1 fully saturated rings. The van der Waals surface area contributed by atoms with Crippen molar-refractivity contribution in [3.63, 3.8) is 0 Å². The molecule has 1 aliphatic rings. The second kappa shape index (κ2) is 2.06. The molecular weight excluding hydrogens is 116 g/mol. The van der Waals surface area contributed by atoms with Gasteiger partial charge >= 0.3 is 0 Å². The predicted octanol–water partition coefficient (Wildman–Crippen LogP) is 0.0215. The SMILES string of the molecule is N#CC1CC1CC(N)=O. The van der Waals surface area contributed by atoms with Gasteiger partial charge in [-0.3, -0.25) is 4.79 Å². The minimum Gasteiger partial charge on any atom is -0.370 e. The van der Waals surface area contributed by atoms with E-state index in [9.17, 15) is 4.79 Å². The first-order valence-electron chi connectivity index (χ1n) is 2.92. The smallest absolute Gasteiger partial charge is 0.217 e. The van der Waals surface area contributed by atoms with Crippen molar-refractivity contribution >= 4 is 5.91 Å². The van der Waals surface area contributed by atoms with Crippen LogP contribution in [0.25, 0.3) is 0 Å². The van der Waals surface area contributed by atoms with E-state index in [2.05, 4.69) is 6.07 Å². The molecule has 0 radical (unpaired) electrons. The van der Waals surface area contributed by atoms with Gasteiger partial charge in [0.25, 0.3) is 0 Å². The fourth-order valence-corrected chi connectivity index (χ4v) is 0.890. The van der Waals surface area contributed by atoms with Gasteiger partial charge in [-0.05, 0) is 12.3 Å². The van der Waals surface area contributed by atoms with Crippen molar-refractivity contribution in [2.45, 2.75) is 12.8 Å². The fraction of sp³-hybridized carbons (Fsp3) is 0.667. The first-order chi connectivity index (χ1) is 4.24. The van der Waals surface area contributed by atoms with Crippen LogP contribution in [0.15, 0.2) is 0 Å². The standard InChI is InChI=1S/C6H8N2O/c7-3-5-1-4(5)2-6(8)9/h4-5H,1-2H2,(H2,8,9). The number of nitrogens with two attached hydrogens (primary N) is 1. The van der Waals surface area contributed by atoms with Crippen LogP contribution in [0.3, 0.4) is 0 Å². The molecule has 2 unspecified atom stereocenters. The van der Waals surface area contributed by atoms with Gasteiger partial charge in [-0.15, -0.1) is 0 Å². The molecule has 3 nitrogen and oxygen atoms in total. The second-order valence-corrected chi connectivity index (χ2v) is 2.40. The number of rotatable bonds is 2. The summed E-state index contributed by atoms with van der Waals surface area (Å²) < 4.78 is 0. The lowest BCUT2D eigenvalue weighted by molar-refractivity contribution is -0.118. The van der Waals surface area contributed by atoms with E-state index in [1.807, 2.05) is 0 Å². The molecule has 1 saturated carbocycles. The Balaban J connectivity index is 2.22. The quantitative estimate of drug-likeness (QED) is 0.564. The van der Waals surface area contributed by atoms with Gasteiger partial charge in [0.05, 0.1) is 12.0 Å². The van der Waals surface area contributed by atoms with Crippen molar-refractivity contribution in [3.05, 3.63) is 0 Å². The molecule has 0 aromatic heterocycles. The summed E-state index contributed by atoms with van der Waals surface area (Å²) in [4.78, 5) is 10.2. The third kappa shape index (κ3) is 1.43. The van der Waals surface area contributed by atoms with E-state index < -0.39 is 0 Å². The van der Waals surface area contributed by atoms with Crippen molar-refractivity contribution in [2.75, 3.05) is 0 Å². The van der Waals surface area contributed by atoms with Crippen LogP contribution in [0.2, 0.25) is 0 Å². The highest BCUT2D eigenvalue weighted by Crippen LogP contribution is 2.39. The molecule has 0 aromatic carbocycles. The van der Waals surface area contributed by atoms with Crippen LogP contribution in [-0.4, -0.2) is 5.91 Å². The molecule has 0 bridgehead atoms. The van der Waals surface area contributed by atoms with Gasteiger partial charge in [-0.25, -0.2) is 0 Å². The molecule has 9 heavy (non-hydrogen) atoms. The van der Waals surface area contributed by atoms with E-state index >= 15 is 0 Å². The number of nitriles is 1. The number of primary amides is 1. The van der Waals surface area contributed by atoms with Crippen LogP contribution in [0.4, 0.5) is 0 Å². The highest BCUT2D eigenvalue weighted by Gasteiger charge is 2.37. The zero-order chi connectivity index (χ0) is 6.85. The summed E-state index contributed by atoms with van der Waals surface area (Å²) >= 11 is 0. The summed E-state index contributed by atoms with van der Waals surface area (Å²) in [6.45, 7) is 0. The summed E-state index contributed by atoms with van der Waals surface area (Å²) in [7, 11) is 0. The molecule has 1 rings (SSSR count). The van der Waals surface area contributed by atoms with Gasteiger partial charge in [0.2, 0.25) is 5.91 Å². The highest BCUT2D eigenvalue weighted by molar-refractivity contribution is 5.74. The zero-order valence-corrected chi connectivity index (χ0v) is 5.00. The third-order valence-electron chi connectivity index (χ3n) is 1.55. The molecule has 0 aromatic rings.